The minimum atomic E-state index is 0.144. The second-order valence-corrected chi connectivity index (χ2v) is 8.48. The van der Waals surface area contributed by atoms with Crippen LogP contribution < -0.4 is 5.32 Å². The van der Waals surface area contributed by atoms with Crippen molar-refractivity contribution in [2.75, 3.05) is 45.8 Å². The molecule has 0 saturated carbocycles. The standard InChI is InChI=1S/C24H34N6O2/c1-2-25-24(30-14-12-28(13-15-30)19-22-9-16-32-27-22)26-18-20-7-6-8-21(17-20)23(31)29-10-4-3-5-11-29/h6-9,16-17H,2-5,10-15,18-19H2,1H3,(H,25,26). The van der Waals surface area contributed by atoms with Crippen molar-refractivity contribution in [1.82, 2.24) is 25.2 Å². The Morgan fingerprint density at radius 2 is 1.88 bits per heavy atom. The minimum absolute atomic E-state index is 0.144. The lowest BCUT2D eigenvalue weighted by molar-refractivity contribution is 0.0724. The van der Waals surface area contributed by atoms with E-state index in [1.165, 1.54) is 6.42 Å². The Balaban J connectivity index is 1.35. The number of hydrogen-bond acceptors (Lipinski definition) is 5. The first kappa shape index (κ1) is 22.3. The van der Waals surface area contributed by atoms with E-state index < -0.39 is 0 Å². The van der Waals surface area contributed by atoms with Crippen LogP contribution in [0.3, 0.4) is 0 Å². The Bertz CT molecular complexity index is 884. The van der Waals surface area contributed by atoms with Gasteiger partial charge < -0.3 is 19.6 Å². The molecule has 0 spiro atoms. The second kappa shape index (κ2) is 11.1. The van der Waals surface area contributed by atoms with Crippen LogP contribution in [0.4, 0.5) is 0 Å². The van der Waals surface area contributed by atoms with Gasteiger partial charge in [0.25, 0.3) is 5.91 Å². The molecule has 2 saturated heterocycles. The highest BCUT2D eigenvalue weighted by molar-refractivity contribution is 5.94. The molecule has 0 bridgehead atoms. The molecule has 2 aliphatic rings. The van der Waals surface area contributed by atoms with Gasteiger partial charge in [0.15, 0.2) is 5.96 Å². The third-order valence-electron chi connectivity index (χ3n) is 6.11. The van der Waals surface area contributed by atoms with E-state index in [-0.39, 0.29) is 5.91 Å². The van der Waals surface area contributed by atoms with Gasteiger partial charge in [-0.1, -0.05) is 17.3 Å². The quantitative estimate of drug-likeness (QED) is 0.552. The van der Waals surface area contributed by atoms with E-state index in [2.05, 4.69) is 33.3 Å². The van der Waals surface area contributed by atoms with Gasteiger partial charge in [-0.05, 0) is 43.9 Å². The van der Waals surface area contributed by atoms with Crippen LogP contribution in [0.1, 0.15) is 47.8 Å². The summed E-state index contributed by atoms with van der Waals surface area (Å²) in [5, 5.41) is 7.44. The molecular formula is C24H34N6O2. The van der Waals surface area contributed by atoms with Crippen molar-refractivity contribution in [2.24, 2.45) is 4.99 Å². The number of aromatic nitrogens is 1. The lowest BCUT2D eigenvalue weighted by atomic mass is 10.1. The summed E-state index contributed by atoms with van der Waals surface area (Å²) in [6, 6.07) is 9.86. The van der Waals surface area contributed by atoms with Gasteiger partial charge in [-0.15, -0.1) is 0 Å². The monoisotopic (exact) mass is 438 g/mol. The van der Waals surface area contributed by atoms with E-state index in [1.54, 1.807) is 6.26 Å². The fraction of sp³-hybridized carbons (Fsp3) is 0.542. The number of carbonyl (C=O) groups is 1. The first-order chi connectivity index (χ1) is 15.7. The molecule has 2 aliphatic heterocycles. The van der Waals surface area contributed by atoms with Crippen molar-refractivity contribution in [1.29, 1.82) is 0 Å². The number of nitrogens with one attached hydrogen (secondary N) is 1. The molecule has 8 heteroatoms. The molecule has 4 rings (SSSR count). The third kappa shape index (κ3) is 5.88. The van der Waals surface area contributed by atoms with E-state index in [0.29, 0.717) is 6.54 Å². The highest BCUT2D eigenvalue weighted by Gasteiger charge is 2.21. The SMILES string of the molecule is CCNC(=NCc1cccc(C(=O)N2CCCCC2)c1)N1CCN(Cc2ccon2)CC1. The third-order valence-corrected chi connectivity index (χ3v) is 6.11. The molecule has 0 atom stereocenters. The zero-order valence-electron chi connectivity index (χ0n) is 19.0. The van der Waals surface area contributed by atoms with E-state index in [9.17, 15) is 4.79 Å². The Hall–Kier alpha value is -2.87. The first-order valence-electron chi connectivity index (χ1n) is 11.8. The summed E-state index contributed by atoms with van der Waals surface area (Å²) < 4.78 is 4.94. The van der Waals surface area contributed by atoms with Crippen LogP contribution in [0.5, 0.6) is 0 Å². The molecule has 1 aromatic carbocycles. The van der Waals surface area contributed by atoms with Gasteiger partial charge in [0, 0.05) is 64.0 Å². The van der Waals surface area contributed by atoms with Crippen molar-refractivity contribution < 1.29 is 9.32 Å². The van der Waals surface area contributed by atoms with Crippen LogP contribution in [0.2, 0.25) is 0 Å². The van der Waals surface area contributed by atoms with E-state index in [0.717, 1.165) is 88.0 Å². The summed E-state index contributed by atoms with van der Waals surface area (Å²) in [5.74, 6) is 1.08. The molecule has 1 N–H and O–H groups in total. The molecule has 32 heavy (non-hydrogen) atoms. The average Bonchev–Trinajstić information content (AvgIpc) is 3.36. The van der Waals surface area contributed by atoms with E-state index >= 15 is 0 Å². The molecule has 1 amide bonds. The number of benzene rings is 1. The molecule has 2 aromatic rings. The van der Waals surface area contributed by atoms with Crippen molar-refractivity contribution in [3.05, 3.63) is 53.4 Å². The number of guanidine groups is 1. The summed E-state index contributed by atoms with van der Waals surface area (Å²) in [5.41, 5.74) is 2.80. The van der Waals surface area contributed by atoms with Gasteiger partial charge in [-0.2, -0.15) is 0 Å². The van der Waals surface area contributed by atoms with Crippen molar-refractivity contribution in [3.63, 3.8) is 0 Å². The Labute approximate surface area is 190 Å². The Kier molecular flexibility index (Phi) is 7.77. The maximum absolute atomic E-state index is 12.8. The lowest BCUT2D eigenvalue weighted by Crippen LogP contribution is -2.52. The predicted molar refractivity (Wildman–Crippen MR) is 124 cm³/mol. The normalized spacial score (nSPS) is 18.1. The van der Waals surface area contributed by atoms with Crippen LogP contribution in [0, 0.1) is 0 Å². The zero-order chi connectivity index (χ0) is 22.2. The largest absolute Gasteiger partial charge is 0.364 e. The van der Waals surface area contributed by atoms with Gasteiger partial charge in [0.1, 0.15) is 6.26 Å². The molecule has 2 fully saturated rings. The second-order valence-electron chi connectivity index (χ2n) is 8.48. The molecule has 0 unspecified atom stereocenters. The Morgan fingerprint density at radius 1 is 1.06 bits per heavy atom. The van der Waals surface area contributed by atoms with Crippen molar-refractivity contribution in [3.8, 4) is 0 Å². The highest BCUT2D eigenvalue weighted by atomic mass is 16.5. The van der Waals surface area contributed by atoms with E-state index in [1.807, 2.05) is 29.2 Å². The number of hydrogen-bond donors (Lipinski definition) is 1. The maximum atomic E-state index is 12.8. The molecule has 1 aromatic heterocycles. The number of aliphatic imine (C=N–C) groups is 1. The topological polar surface area (TPSA) is 77.2 Å². The predicted octanol–water partition coefficient (Wildman–Crippen LogP) is 2.58. The smallest absolute Gasteiger partial charge is 0.253 e. The van der Waals surface area contributed by atoms with Crippen molar-refractivity contribution in [2.45, 2.75) is 39.3 Å². The fourth-order valence-corrected chi connectivity index (χ4v) is 4.34. The molecular weight excluding hydrogens is 404 g/mol. The zero-order valence-corrected chi connectivity index (χ0v) is 19.0. The molecule has 0 aliphatic carbocycles. The minimum Gasteiger partial charge on any atom is -0.364 e. The number of carbonyl (C=O) groups excluding carboxylic acids is 1. The van der Waals surface area contributed by atoms with Gasteiger partial charge >= 0.3 is 0 Å². The summed E-state index contributed by atoms with van der Waals surface area (Å²) in [6.45, 7) is 9.77. The first-order valence-corrected chi connectivity index (χ1v) is 11.8. The highest BCUT2D eigenvalue weighted by Crippen LogP contribution is 2.15. The van der Waals surface area contributed by atoms with Crippen LogP contribution >= 0.6 is 0 Å². The summed E-state index contributed by atoms with van der Waals surface area (Å²) in [6.07, 6.45) is 5.05. The van der Waals surface area contributed by atoms with Crippen molar-refractivity contribution >= 4 is 11.9 Å². The summed E-state index contributed by atoms with van der Waals surface area (Å²) >= 11 is 0. The molecule has 3 heterocycles. The summed E-state index contributed by atoms with van der Waals surface area (Å²) in [4.78, 5) is 24.4. The number of nitrogens with zero attached hydrogens (tertiary/aromatic N) is 5. The van der Waals surface area contributed by atoms with Crippen LogP contribution in [0.15, 0.2) is 46.1 Å². The fourth-order valence-electron chi connectivity index (χ4n) is 4.34. The average molecular weight is 439 g/mol. The molecule has 8 nitrogen and oxygen atoms in total. The number of piperidine rings is 1. The van der Waals surface area contributed by atoms with E-state index in [4.69, 9.17) is 9.52 Å². The number of amides is 1. The number of likely N-dealkylation sites (tertiary alicyclic amines) is 1. The van der Waals surface area contributed by atoms with Crippen LogP contribution in [-0.2, 0) is 13.1 Å². The van der Waals surface area contributed by atoms with Gasteiger partial charge in [0.2, 0.25) is 0 Å². The number of rotatable bonds is 6. The van der Waals surface area contributed by atoms with Crippen LogP contribution in [0.25, 0.3) is 0 Å². The Morgan fingerprint density at radius 3 is 2.59 bits per heavy atom. The maximum Gasteiger partial charge on any atom is 0.253 e. The number of piperazine rings is 1. The molecule has 0 radical (unpaired) electrons. The van der Waals surface area contributed by atoms with Gasteiger partial charge in [-0.25, -0.2) is 4.99 Å². The molecule has 172 valence electrons. The van der Waals surface area contributed by atoms with Crippen LogP contribution in [-0.4, -0.2) is 77.5 Å². The lowest BCUT2D eigenvalue weighted by Gasteiger charge is -2.36. The summed E-state index contributed by atoms with van der Waals surface area (Å²) in [7, 11) is 0. The van der Waals surface area contributed by atoms with Gasteiger partial charge in [0.05, 0.1) is 12.2 Å². The van der Waals surface area contributed by atoms with Gasteiger partial charge in [-0.3, -0.25) is 9.69 Å².